The van der Waals surface area contributed by atoms with Crippen LogP contribution in [0.2, 0.25) is 0 Å². The van der Waals surface area contributed by atoms with E-state index in [9.17, 15) is 9.59 Å². The Hall–Kier alpha value is -1.08. The van der Waals surface area contributed by atoms with Gasteiger partial charge in [0, 0.05) is 6.54 Å². The van der Waals surface area contributed by atoms with Crippen LogP contribution in [0.3, 0.4) is 0 Å². The Morgan fingerprint density at radius 3 is 2.70 bits per heavy atom. The maximum absolute atomic E-state index is 11.9. The zero-order valence-electron chi connectivity index (χ0n) is 11.9. The van der Waals surface area contributed by atoms with Crippen molar-refractivity contribution >= 4 is 35.0 Å². The number of amides is 1. The Balaban J connectivity index is 2.49. The smallest absolute Gasteiger partial charge is 0.347 e. The van der Waals surface area contributed by atoms with E-state index in [1.54, 1.807) is 13.8 Å². The molecule has 1 unspecified atom stereocenters. The van der Waals surface area contributed by atoms with E-state index in [4.69, 9.17) is 5.11 Å². The van der Waals surface area contributed by atoms with Crippen LogP contribution < -0.4 is 5.32 Å². The van der Waals surface area contributed by atoms with Crippen molar-refractivity contribution in [1.82, 2.24) is 10.3 Å². The highest BCUT2D eigenvalue weighted by atomic mass is 32.2. The van der Waals surface area contributed by atoms with Crippen molar-refractivity contribution in [3.05, 3.63) is 10.6 Å². The summed E-state index contributed by atoms with van der Waals surface area (Å²) < 4.78 is 0.621. The zero-order valence-corrected chi connectivity index (χ0v) is 13.6. The largest absolute Gasteiger partial charge is 0.477 e. The van der Waals surface area contributed by atoms with Gasteiger partial charge in [0.15, 0.2) is 4.34 Å². The molecule has 5 nitrogen and oxygen atoms in total. The SMILES string of the molecule is CCCCCNC(=O)C(C)Sc1nc(C)c(C(=O)O)s1. The number of nitrogens with zero attached hydrogens (tertiary/aromatic N) is 1. The standard InChI is InChI=1S/C13H20N2O3S2/c1-4-5-6-7-14-11(16)9(3)19-13-15-8(2)10(20-13)12(17)18/h9H,4-7H2,1-3H3,(H,14,16)(H,17,18). The van der Waals surface area contributed by atoms with Gasteiger partial charge < -0.3 is 10.4 Å². The number of aryl methyl sites for hydroxylation is 1. The lowest BCUT2D eigenvalue weighted by molar-refractivity contribution is -0.120. The molecular weight excluding hydrogens is 296 g/mol. The highest BCUT2D eigenvalue weighted by Crippen LogP contribution is 2.30. The van der Waals surface area contributed by atoms with Crippen LogP contribution in [0.4, 0.5) is 0 Å². The van der Waals surface area contributed by atoms with E-state index in [1.807, 2.05) is 0 Å². The Morgan fingerprint density at radius 1 is 1.45 bits per heavy atom. The number of thiazole rings is 1. The molecule has 7 heteroatoms. The van der Waals surface area contributed by atoms with E-state index in [0.29, 0.717) is 16.6 Å². The normalized spacial score (nSPS) is 12.2. The summed E-state index contributed by atoms with van der Waals surface area (Å²) in [6.45, 7) is 6.27. The van der Waals surface area contributed by atoms with Crippen molar-refractivity contribution < 1.29 is 14.7 Å². The van der Waals surface area contributed by atoms with Crippen molar-refractivity contribution in [2.45, 2.75) is 49.6 Å². The molecule has 1 atom stereocenters. The van der Waals surface area contributed by atoms with Crippen molar-refractivity contribution in [3.63, 3.8) is 0 Å². The molecule has 1 rings (SSSR count). The van der Waals surface area contributed by atoms with Gasteiger partial charge in [0.05, 0.1) is 10.9 Å². The van der Waals surface area contributed by atoms with Gasteiger partial charge >= 0.3 is 5.97 Å². The second-order valence-electron chi connectivity index (χ2n) is 4.46. The summed E-state index contributed by atoms with van der Waals surface area (Å²) in [5.74, 6) is -1.00. The van der Waals surface area contributed by atoms with E-state index in [-0.39, 0.29) is 16.0 Å². The second kappa shape index (κ2) is 8.26. The second-order valence-corrected chi connectivity index (χ2v) is 7.04. The summed E-state index contributed by atoms with van der Waals surface area (Å²) in [5.41, 5.74) is 0.501. The van der Waals surface area contributed by atoms with Gasteiger partial charge in [-0.15, -0.1) is 11.3 Å². The van der Waals surface area contributed by atoms with Crippen molar-refractivity contribution in [2.75, 3.05) is 6.54 Å². The first-order chi connectivity index (χ1) is 9.45. The first-order valence-corrected chi connectivity index (χ1v) is 8.30. The predicted molar refractivity (Wildman–Crippen MR) is 81.7 cm³/mol. The molecule has 1 heterocycles. The fourth-order valence-corrected chi connectivity index (χ4v) is 3.75. The van der Waals surface area contributed by atoms with E-state index in [1.165, 1.54) is 11.8 Å². The molecule has 1 amide bonds. The van der Waals surface area contributed by atoms with E-state index in [2.05, 4.69) is 17.2 Å². The number of carbonyl (C=O) groups is 2. The Kier molecular flexibility index (Phi) is 7.01. The summed E-state index contributed by atoms with van der Waals surface area (Å²) in [6, 6.07) is 0. The van der Waals surface area contributed by atoms with Crippen molar-refractivity contribution in [1.29, 1.82) is 0 Å². The molecule has 1 aromatic heterocycles. The Bertz CT molecular complexity index is 474. The van der Waals surface area contributed by atoms with Crippen LogP contribution in [0.15, 0.2) is 4.34 Å². The molecule has 20 heavy (non-hydrogen) atoms. The molecule has 0 radical (unpaired) electrons. The van der Waals surface area contributed by atoms with Gasteiger partial charge in [-0.25, -0.2) is 9.78 Å². The van der Waals surface area contributed by atoms with Gasteiger partial charge in [-0.3, -0.25) is 4.79 Å². The number of unbranched alkanes of at least 4 members (excludes halogenated alkanes) is 2. The number of carbonyl (C=O) groups excluding carboxylic acids is 1. The van der Waals surface area contributed by atoms with Gasteiger partial charge in [0.1, 0.15) is 4.88 Å². The first kappa shape index (κ1) is 17.0. The third-order valence-electron chi connectivity index (χ3n) is 2.70. The molecular formula is C13H20N2O3S2. The number of hydrogen-bond acceptors (Lipinski definition) is 5. The van der Waals surface area contributed by atoms with Crippen molar-refractivity contribution in [3.8, 4) is 0 Å². The van der Waals surface area contributed by atoms with Crippen LogP contribution in [0.5, 0.6) is 0 Å². The van der Waals surface area contributed by atoms with Crippen LogP contribution in [-0.2, 0) is 4.79 Å². The average molecular weight is 316 g/mol. The summed E-state index contributed by atoms with van der Waals surface area (Å²) in [6.07, 6.45) is 3.21. The minimum Gasteiger partial charge on any atom is -0.477 e. The average Bonchev–Trinajstić information content (AvgIpc) is 2.75. The maximum atomic E-state index is 11.9. The lowest BCUT2D eigenvalue weighted by Crippen LogP contribution is -2.31. The van der Waals surface area contributed by atoms with Crippen LogP contribution in [-0.4, -0.2) is 33.8 Å². The molecule has 0 aliphatic carbocycles. The lowest BCUT2D eigenvalue weighted by Gasteiger charge is -2.09. The van der Waals surface area contributed by atoms with Crippen LogP contribution in [0.1, 0.15) is 48.5 Å². The fourth-order valence-electron chi connectivity index (χ4n) is 1.56. The molecule has 0 bridgehead atoms. The monoisotopic (exact) mass is 316 g/mol. The topological polar surface area (TPSA) is 79.3 Å². The third kappa shape index (κ3) is 5.13. The van der Waals surface area contributed by atoms with Crippen LogP contribution in [0, 0.1) is 6.92 Å². The van der Waals surface area contributed by atoms with Gasteiger partial charge in [-0.05, 0) is 20.3 Å². The van der Waals surface area contributed by atoms with E-state index < -0.39 is 5.97 Å². The maximum Gasteiger partial charge on any atom is 0.347 e. The Labute approximate surface area is 127 Å². The Morgan fingerprint density at radius 2 is 2.15 bits per heavy atom. The molecule has 0 spiro atoms. The summed E-state index contributed by atoms with van der Waals surface area (Å²) in [4.78, 5) is 27.2. The van der Waals surface area contributed by atoms with Gasteiger partial charge in [0.2, 0.25) is 5.91 Å². The van der Waals surface area contributed by atoms with Gasteiger partial charge in [-0.1, -0.05) is 31.5 Å². The summed E-state index contributed by atoms with van der Waals surface area (Å²) in [7, 11) is 0. The molecule has 112 valence electrons. The molecule has 0 aromatic carbocycles. The molecule has 0 fully saturated rings. The highest BCUT2D eigenvalue weighted by Gasteiger charge is 2.19. The molecule has 1 aromatic rings. The quantitative estimate of drug-likeness (QED) is 0.569. The number of nitrogens with one attached hydrogen (secondary N) is 1. The molecule has 0 aliphatic heterocycles. The van der Waals surface area contributed by atoms with Gasteiger partial charge in [-0.2, -0.15) is 0 Å². The number of thioether (sulfide) groups is 1. The minimum atomic E-state index is -0.969. The van der Waals surface area contributed by atoms with Gasteiger partial charge in [0.25, 0.3) is 0 Å². The van der Waals surface area contributed by atoms with Crippen LogP contribution >= 0.6 is 23.1 Å². The molecule has 0 aliphatic rings. The third-order valence-corrected chi connectivity index (χ3v) is 5.04. The predicted octanol–water partition coefficient (Wildman–Crippen LogP) is 2.94. The number of rotatable bonds is 8. The number of aromatic nitrogens is 1. The minimum absolute atomic E-state index is 0.0316. The number of carboxylic acid groups (broad SMARTS) is 1. The fraction of sp³-hybridized carbons (Fsp3) is 0.615. The molecule has 0 saturated carbocycles. The van der Waals surface area contributed by atoms with Crippen LogP contribution in [0.25, 0.3) is 0 Å². The highest BCUT2D eigenvalue weighted by molar-refractivity contribution is 8.02. The molecule has 0 saturated heterocycles. The number of hydrogen-bond donors (Lipinski definition) is 2. The van der Waals surface area contributed by atoms with E-state index >= 15 is 0 Å². The zero-order chi connectivity index (χ0) is 15.1. The van der Waals surface area contributed by atoms with E-state index in [0.717, 1.165) is 30.6 Å². The number of aromatic carboxylic acids is 1. The molecule has 2 N–H and O–H groups in total. The van der Waals surface area contributed by atoms with Crippen molar-refractivity contribution in [2.24, 2.45) is 0 Å². The number of carboxylic acids is 1. The first-order valence-electron chi connectivity index (χ1n) is 6.60. The summed E-state index contributed by atoms with van der Waals surface area (Å²) >= 11 is 2.42. The summed E-state index contributed by atoms with van der Waals surface area (Å²) in [5, 5.41) is 11.6. The lowest BCUT2D eigenvalue weighted by atomic mass is 10.2.